The molecular formula is C19H20ClN5O3S2. The summed E-state index contributed by atoms with van der Waals surface area (Å²) in [4.78, 5) is 12.5. The Hall–Kier alpha value is -2.40. The summed E-state index contributed by atoms with van der Waals surface area (Å²) < 4.78 is 24.9. The first-order valence-electron chi connectivity index (χ1n) is 8.98. The Balaban J connectivity index is 1.75. The van der Waals surface area contributed by atoms with Gasteiger partial charge in [0.15, 0.2) is 11.0 Å². The van der Waals surface area contributed by atoms with Crippen molar-refractivity contribution in [3.8, 4) is 11.4 Å². The lowest BCUT2D eigenvalue weighted by molar-refractivity contribution is -0.115. The van der Waals surface area contributed by atoms with Crippen molar-refractivity contribution < 1.29 is 13.2 Å². The molecule has 158 valence electrons. The second kappa shape index (κ2) is 9.17. The van der Waals surface area contributed by atoms with Crippen molar-refractivity contribution in [2.75, 3.05) is 5.32 Å². The summed E-state index contributed by atoms with van der Waals surface area (Å²) in [6.07, 6.45) is 0. The lowest BCUT2D eigenvalue weighted by Gasteiger charge is -2.13. The van der Waals surface area contributed by atoms with Gasteiger partial charge in [0.25, 0.3) is 0 Å². The summed E-state index contributed by atoms with van der Waals surface area (Å²) in [6.45, 7) is 4.33. The van der Waals surface area contributed by atoms with Crippen molar-refractivity contribution >= 4 is 45.0 Å². The van der Waals surface area contributed by atoms with Crippen LogP contribution in [0.3, 0.4) is 0 Å². The Morgan fingerprint density at radius 1 is 1.23 bits per heavy atom. The molecule has 0 saturated heterocycles. The highest BCUT2D eigenvalue weighted by molar-refractivity contribution is 8.00. The molecule has 1 heterocycles. The minimum atomic E-state index is -3.85. The minimum absolute atomic E-state index is 0.0704. The van der Waals surface area contributed by atoms with Crippen LogP contribution in [0.15, 0.2) is 58.6 Å². The molecule has 0 saturated carbocycles. The molecule has 1 amide bonds. The largest absolute Gasteiger partial charge is 0.325 e. The van der Waals surface area contributed by atoms with E-state index >= 15 is 0 Å². The van der Waals surface area contributed by atoms with Crippen LogP contribution in [0.2, 0.25) is 5.02 Å². The molecule has 0 bridgehead atoms. The smallest absolute Gasteiger partial charge is 0.238 e. The molecule has 1 unspecified atom stereocenters. The molecule has 0 aliphatic carbocycles. The first-order valence-corrected chi connectivity index (χ1v) is 11.8. The SMILES string of the molecule is CCn1c(SC(C)C(=O)Nc2cccc(S(N)(=O)=O)c2)nnc1-c1ccc(Cl)cc1. The molecular weight excluding hydrogens is 446 g/mol. The van der Waals surface area contributed by atoms with Crippen molar-refractivity contribution in [3.63, 3.8) is 0 Å². The number of thioether (sulfide) groups is 1. The number of nitrogens with zero attached hydrogens (tertiary/aromatic N) is 3. The number of halogens is 1. The number of carbonyl (C=O) groups excluding carboxylic acids is 1. The van der Waals surface area contributed by atoms with Crippen LogP contribution in [0.4, 0.5) is 5.69 Å². The number of anilines is 1. The Kier molecular flexibility index (Phi) is 6.81. The molecule has 0 aliphatic rings. The van der Waals surface area contributed by atoms with Crippen LogP contribution in [-0.2, 0) is 21.4 Å². The average molecular weight is 466 g/mol. The monoisotopic (exact) mass is 465 g/mol. The van der Waals surface area contributed by atoms with Gasteiger partial charge >= 0.3 is 0 Å². The third-order valence-corrected chi connectivity index (χ3v) is 6.46. The number of benzene rings is 2. The van der Waals surface area contributed by atoms with E-state index in [1.165, 1.54) is 30.0 Å². The highest BCUT2D eigenvalue weighted by Gasteiger charge is 2.21. The van der Waals surface area contributed by atoms with Crippen LogP contribution in [-0.4, -0.2) is 34.3 Å². The first-order chi connectivity index (χ1) is 14.2. The minimum Gasteiger partial charge on any atom is -0.325 e. The van der Waals surface area contributed by atoms with E-state index in [4.69, 9.17) is 16.7 Å². The zero-order chi connectivity index (χ0) is 21.9. The Morgan fingerprint density at radius 2 is 1.93 bits per heavy atom. The van der Waals surface area contributed by atoms with Gasteiger partial charge in [-0.2, -0.15) is 0 Å². The van der Waals surface area contributed by atoms with E-state index in [0.717, 1.165) is 5.56 Å². The lowest BCUT2D eigenvalue weighted by atomic mass is 10.2. The molecule has 8 nitrogen and oxygen atoms in total. The Bertz CT molecular complexity index is 1160. The van der Waals surface area contributed by atoms with Gasteiger partial charge in [-0.1, -0.05) is 29.4 Å². The third kappa shape index (κ3) is 5.20. The van der Waals surface area contributed by atoms with Crippen molar-refractivity contribution in [1.29, 1.82) is 0 Å². The van der Waals surface area contributed by atoms with Gasteiger partial charge in [0.2, 0.25) is 15.9 Å². The molecule has 3 aromatic rings. The maximum Gasteiger partial charge on any atom is 0.238 e. The number of rotatable bonds is 7. The predicted octanol–water partition coefficient (Wildman–Crippen LogP) is 3.39. The molecule has 3 N–H and O–H groups in total. The second-order valence-electron chi connectivity index (χ2n) is 6.38. The van der Waals surface area contributed by atoms with Gasteiger partial charge in [-0.25, -0.2) is 13.6 Å². The maximum absolute atomic E-state index is 12.6. The molecule has 2 aromatic carbocycles. The van der Waals surface area contributed by atoms with Crippen LogP contribution in [0.5, 0.6) is 0 Å². The lowest BCUT2D eigenvalue weighted by Crippen LogP contribution is -2.23. The zero-order valence-corrected chi connectivity index (χ0v) is 18.6. The number of nitrogens with one attached hydrogen (secondary N) is 1. The second-order valence-corrected chi connectivity index (χ2v) is 9.69. The summed E-state index contributed by atoms with van der Waals surface area (Å²) >= 11 is 7.21. The third-order valence-electron chi connectivity index (χ3n) is 4.22. The molecule has 1 atom stereocenters. The summed E-state index contributed by atoms with van der Waals surface area (Å²) in [7, 11) is -3.85. The van der Waals surface area contributed by atoms with Crippen LogP contribution >= 0.6 is 23.4 Å². The van der Waals surface area contributed by atoms with Crippen LogP contribution < -0.4 is 10.5 Å². The van der Waals surface area contributed by atoms with Crippen molar-refractivity contribution in [3.05, 3.63) is 53.6 Å². The zero-order valence-electron chi connectivity index (χ0n) is 16.2. The number of carbonyl (C=O) groups is 1. The van der Waals surface area contributed by atoms with Crippen molar-refractivity contribution in [2.45, 2.75) is 35.7 Å². The quantitative estimate of drug-likeness (QED) is 0.516. The van der Waals surface area contributed by atoms with Crippen molar-refractivity contribution in [2.24, 2.45) is 5.14 Å². The van der Waals surface area contributed by atoms with E-state index in [1.54, 1.807) is 25.1 Å². The van der Waals surface area contributed by atoms with E-state index in [-0.39, 0.29) is 10.8 Å². The summed E-state index contributed by atoms with van der Waals surface area (Å²) in [5, 5.41) is 17.1. The average Bonchev–Trinajstić information content (AvgIpc) is 3.10. The molecule has 0 fully saturated rings. The van der Waals surface area contributed by atoms with Crippen LogP contribution in [0.1, 0.15) is 13.8 Å². The molecule has 1 aromatic heterocycles. The first kappa shape index (κ1) is 22.3. The maximum atomic E-state index is 12.6. The van der Waals surface area contributed by atoms with Crippen LogP contribution in [0, 0.1) is 0 Å². The summed E-state index contributed by atoms with van der Waals surface area (Å²) in [5.41, 5.74) is 1.22. The van der Waals surface area contributed by atoms with E-state index in [2.05, 4.69) is 15.5 Å². The molecule has 3 rings (SSSR count). The van der Waals surface area contributed by atoms with Gasteiger partial charge in [-0.05, 0) is 56.3 Å². The fourth-order valence-corrected chi connectivity index (χ4v) is 4.28. The molecule has 0 spiro atoms. The number of nitrogens with two attached hydrogens (primary N) is 1. The Labute approximate surface area is 183 Å². The number of hydrogen-bond acceptors (Lipinski definition) is 6. The summed E-state index contributed by atoms with van der Waals surface area (Å²) in [5.74, 6) is 0.385. The number of primary sulfonamides is 1. The van der Waals surface area contributed by atoms with Gasteiger partial charge in [-0.3, -0.25) is 4.79 Å². The van der Waals surface area contributed by atoms with E-state index < -0.39 is 15.3 Å². The highest BCUT2D eigenvalue weighted by atomic mass is 35.5. The fourth-order valence-electron chi connectivity index (χ4n) is 2.68. The van der Waals surface area contributed by atoms with Gasteiger partial charge < -0.3 is 9.88 Å². The van der Waals surface area contributed by atoms with E-state index in [1.807, 2.05) is 23.6 Å². The van der Waals surface area contributed by atoms with Crippen LogP contribution in [0.25, 0.3) is 11.4 Å². The van der Waals surface area contributed by atoms with Gasteiger partial charge in [0, 0.05) is 22.8 Å². The fraction of sp³-hybridized carbons (Fsp3) is 0.211. The molecule has 11 heteroatoms. The number of hydrogen-bond donors (Lipinski definition) is 2. The molecule has 30 heavy (non-hydrogen) atoms. The molecule has 0 aliphatic heterocycles. The number of aromatic nitrogens is 3. The topological polar surface area (TPSA) is 120 Å². The van der Waals surface area contributed by atoms with E-state index in [9.17, 15) is 13.2 Å². The highest BCUT2D eigenvalue weighted by Crippen LogP contribution is 2.28. The van der Waals surface area contributed by atoms with Gasteiger partial charge in [-0.15, -0.1) is 10.2 Å². The number of sulfonamides is 1. The van der Waals surface area contributed by atoms with E-state index in [0.29, 0.717) is 28.2 Å². The Morgan fingerprint density at radius 3 is 2.57 bits per heavy atom. The van der Waals surface area contributed by atoms with Gasteiger partial charge in [0.05, 0.1) is 10.1 Å². The van der Waals surface area contributed by atoms with Gasteiger partial charge in [0.1, 0.15) is 0 Å². The number of amides is 1. The van der Waals surface area contributed by atoms with Crippen molar-refractivity contribution in [1.82, 2.24) is 14.8 Å². The predicted molar refractivity (Wildman–Crippen MR) is 118 cm³/mol. The standard InChI is InChI=1S/C19H20ClN5O3S2/c1-3-25-17(13-7-9-14(20)10-8-13)23-24-19(25)29-12(2)18(26)22-15-5-4-6-16(11-15)30(21,27)28/h4-12H,3H2,1-2H3,(H,22,26)(H2,21,27,28). The molecule has 0 radical (unpaired) electrons. The summed E-state index contributed by atoms with van der Waals surface area (Å²) in [6, 6.07) is 13.1. The normalized spacial score (nSPS) is 12.5.